The lowest BCUT2D eigenvalue weighted by Crippen LogP contribution is -2.47. The average molecular weight is 405 g/mol. The highest BCUT2D eigenvalue weighted by Gasteiger charge is 2.47. The van der Waals surface area contributed by atoms with E-state index in [0.29, 0.717) is 24.1 Å². The summed E-state index contributed by atoms with van der Waals surface area (Å²) in [5.41, 5.74) is 0.765. The van der Waals surface area contributed by atoms with Gasteiger partial charge in [0.2, 0.25) is 0 Å². The number of aryl methyl sites for hydroxylation is 1. The van der Waals surface area contributed by atoms with Gasteiger partial charge in [-0.2, -0.15) is 0 Å². The first kappa shape index (κ1) is 19.2. The number of amides is 2. The summed E-state index contributed by atoms with van der Waals surface area (Å²) in [5, 5.41) is 4.99. The van der Waals surface area contributed by atoms with Crippen molar-refractivity contribution < 1.29 is 14.3 Å². The average Bonchev–Trinajstić information content (AvgIpc) is 3.30. The number of hydrogen-bond donors (Lipinski definition) is 1. The number of thiazole rings is 1. The number of fused-ring (bicyclic) bond motifs is 2. The molecule has 3 atom stereocenters. The second kappa shape index (κ2) is 7.06. The maximum Gasteiger partial charge on any atom is 0.410 e. The maximum absolute atomic E-state index is 12.9. The fourth-order valence-corrected chi connectivity index (χ4v) is 5.42. The molecule has 0 radical (unpaired) electrons. The zero-order valence-corrected chi connectivity index (χ0v) is 17.7. The molecule has 0 spiro atoms. The molecule has 1 aliphatic heterocycles. The van der Waals surface area contributed by atoms with Gasteiger partial charge >= 0.3 is 6.09 Å². The van der Waals surface area contributed by atoms with Crippen molar-refractivity contribution in [2.75, 3.05) is 13.1 Å². The number of nitrogens with zero attached hydrogens (tertiary/aromatic N) is 3. The lowest BCUT2D eigenvalue weighted by atomic mass is 9.94. The van der Waals surface area contributed by atoms with E-state index < -0.39 is 5.60 Å². The highest BCUT2D eigenvalue weighted by atomic mass is 32.1. The number of carbonyl (C=O) groups is 2. The molecule has 1 saturated carbocycles. The number of likely N-dealkylation sites (tertiary alicyclic amines) is 1. The summed E-state index contributed by atoms with van der Waals surface area (Å²) in [6.45, 7) is 8.66. The Kier molecular flexibility index (Phi) is 4.85. The highest BCUT2D eigenvalue weighted by molar-refractivity contribution is 7.15. The predicted octanol–water partition coefficient (Wildman–Crippen LogP) is 3.47. The van der Waals surface area contributed by atoms with Crippen molar-refractivity contribution in [1.82, 2.24) is 19.6 Å². The minimum atomic E-state index is -0.526. The fraction of sp³-hybridized carbons (Fsp3) is 0.650. The Bertz CT molecular complexity index is 897. The van der Waals surface area contributed by atoms with Crippen molar-refractivity contribution in [2.45, 2.75) is 58.6 Å². The molecule has 1 N–H and O–H groups in total. The molecule has 1 aliphatic carbocycles. The SMILES string of the molecule is Cc1nc2sccn2c1C(=O)NCC1[C@H]2CCCC2CN1C(=O)OC(C)(C)C. The van der Waals surface area contributed by atoms with E-state index in [2.05, 4.69) is 10.3 Å². The van der Waals surface area contributed by atoms with Gasteiger partial charge in [0.15, 0.2) is 4.96 Å². The molecule has 4 rings (SSSR count). The Labute approximate surface area is 169 Å². The molecule has 152 valence electrons. The quantitative estimate of drug-likeness (QED) is 0.850. The summed E-state index contributed by atoms with van der Waals surface area (Å²) >= 11 is 1.51. The Hall–Kier alpha value is -2.09. The molecule has 7 nitrogen and oxygen atoms in total. The van der Waals surface area contributed by atoms with E-state index in [4.69, 9.17) is 4.74 Å². The van der Waals surface area contributed by atoms with Crippen molar-refractivity contribution >= 4 is 28.3 Å². The third-order valence-corrected chi connectivity index (χ3v) is 6.55. The third kappa shape index (κ3) is 3.50. The molecule has 2 aromatic rings. The van der Waals surface area contributed by atoms with Crippen LogP contribution in [0.4, 0.5) is 4.79 Å². The molecule has 2 unspecified atom stereocenters. The minimum absolute atomic E-state index is 0.0162. The van der Waals surface area contributed by atoms with Crippen LogP contribution < -0.4 is 5.32 Å². The van der Waals surface area contributed by atoms with Crippen LogP contribution in [-0.2, 0) is 4.74 Å². The van der Waals surface area contributed by atoms with Gasteiger partial charge in [0, 0.05) is 24.7 Å². The van der Waals surface area contributed by atoms with E-state index >= 15 is 0 Å². The standard InChI is InChI=1S/C20H28N4O3S/c1-12-16(23-8-9-28-18(23)22-12)17(25)21-10-15-14-7-5-6-13(14)11-24(15)19(26)27-20(2,3)4/h8-9,13-15H,5-7,10-11H2,1-4H3,(H,21,25)/t13?,14-,15?/m0/s1. The van der Waals surface area contributed by atoms with Crippen LogP contribution in [0.2, 0.25) is 0 Å². The van der Waals surface area contributed by atoms with E-state index in [0.717, 1.165) is 30.0 Å². The van der Waals surface area contributed by atoms with Gasteiger partial charge in [-0.25, -0.2) is 9.78 Å². The Morgan fingerprint density at radius 2 is 2.14 bits per heavy atom. The number of imidazole rings is 1. The number of carbonyl (C=O) groups excluding carboxylic acids is 2. The van der Waals surface area contributed by atoms with Gasteiger partial charge < -0.3 is 15.0 Å². The molecule has 8 heteroatoms. The van der Waals surface area contributed by atoms with Crippen molar-refractivity contribution in [2.24, 2.45) is 11.8 Å². The normalized spacial score (nSPS) is 24.6. The summed E-state index contributed by atoms with van der Waals surface area (Å²) in [5.74, 6) is 0.796. The molecule has 0 aromatic carbocycles. The van der Waals surface area contributed by atoms with Gasteiger partial charge in [-0.05, 0) is 52.4 Å². The number of hydrogen-bond acceptors (Lipinski definition) is 5. The van der Waals surface area contributed by atoms with Crippen LogP contribution in [0.15, 0.2) is 11.6 Å². The van der Waals surface area contributed by atoms with E-state index in [-0.39, 0.29) is 18.0 Å². The van der Waals surface area contributed by atoms with E-state index in [1.54, 1.807) is 0 Å². The molecule has 1 saturated heterocycles. The molecule has 2 aromatic heterocycles. The number of aromatic nitrogens is 2. The van der Waals surface area contributed by atoms with Gasteiger partial charge in [-0.1, -0.05) is 6.42 Å². The molecular formula is C20H28N4O3S. The van der Waals surface area contributed by atoms with Crippen LogP contribution >= 0.6 is 11.3 Å². The number of ether oxygens (including phenoxy) is 1. The van der Waals surface area contributed by atoms with Gasteiger partial charge in [0.25, 0.3) is 5.91 Å². The fourth-order valence-electron chi connectivity index (χ4n) is 4.66. The Balaban J connectivity index is 1.49. The smallest absolute Gasteiger partial charge is 0.410 e. The topological polar surface area (TPSA) is 75.9 Å². The van der Waals surface area contributed by atoms with Gasteiger partial charge in [0.1, 0.15) is 11.3 Å². The van der Waals surface area contributed by atoms with Gasteiger partial charge in [0.05, 0.1) is 11.7 Å². The van der Waals surface area contributed by atoms with Crippen LogP contribution in [-0.4, -0.2) is 51.0 Å². The van der Waals surface area contributed by atoms with E-state index in [9.17, 15) is 9.59 Å². The van der Waals surface area contributed by atoms with Crippen LogP contribution in [0, 0.1) is 18.8 Å². The summed E-state index contributed by atoms with van der Waals surface area (Å²) in [7, 11) is 0. The van der Waals surface area contributed by atoms with Crippen LogP contribution in [0.1, 0.15) is 56.2 Å². The van der Waals surface area contributed by atoms with Crippen molar-refractivity contribution in [3.05, 3.63) is 23.0 Å². The largest absolute Gasteiger partial charge is 0.444 e. The first-order valence-corrected chi connectivity index (χ1v) is 10.8. The van der Waals surface area contributed by atoms with Crippen LogP contribution in [0.3, 0.4) is 0 Å². The summed E-state index contributed by atoms with van der Waals surface area (Å²) < 4.78 is 7.45. The van der Waals surface area contributed by atoms with E-state index in [1.165, 1.54) is 17.8 Å². The van der Waals surface area contributed by atoms with E-state index in [1.807, 2.05) is 48.6 Å². The second-order valence-corrected chi connectivity index (χ2v) is 9.74. The molecule has 28 heavy (non-hydrogen) atoms. The lowest BCUT2D eigenvalue weighted by Gasteiger charge is -2.30. The monoisotopic (exact) mass is 404 g/mol. The highest BCUT2D eigenvalue weighted by Crippen LogP contribution is 2.42. The zero-order chi connectivity index (χ0) is 20.1. The lowest BCUT2D eigenvalue weighted by molar-refractivity contribution is 0.0200. The van der Waals surface area contributed by atoms with Crippen molar-refractivity contribution in [1.29, 1.82) is 0 Å². The molecule has 3 heterocycles. The molecule has 2 aliphatic rings. The number of nitrogens with one attached hydrogen (secondary N) is 1. The molecule has 2 fully saturated rings. The second-order valence-electron chi connectivity index (χ2n) is 8.87. The Morgan fingerprint density at radius 1 is 1.36 bits per heavy atom. The summed E-state index contributed by atoms with van der Waals surface area (Å²) in [6, 6.07) is -0.0162. The maximum atomic E-state index is 12.9. The minimum Gasteiger partial charge on any atom is -0.444 e. The van der Waals surface area contributed by atoms with Crippen molar-refractivity contribution in [3.63, 3.8) is 0 Å². The summed E-state index contributed by atoms with van der Waals surface area (Å²) in [6.07, 6.45) is 5.03. The van der Waals surface area contributed by atoms with Crippen molar-refractivity contribution in [3.8, 4) is 0 Å². The van der Waals surface area contributed by atoms with Crippen LogP contribution in [0.5, 0.6) is 0 Å². The van der Waals surface area contributed by atoms with Gasteiger partial charge in [-0.3, -0.25) is 9.20 Å². The van der Waals surface area contributed by atoms with Crippen LogP contribution in [0.25, 0.3) is 4.96 Å². The molecule has 0 bridgehead atoms. The predicted molar refractivity (Wildman–Crippen MR) is 108 cm³/mol. The molecular weight excluding hydrogens is 376 g/mol. The number of rotatable bonds is 3. The zero-order valence-electron chi connectivity index (χ0n) is 16.9. The first-order valence-electron chi connectivity index (χ1n) is 9.94. The Morgan fingerprint density at radius 3 is 2.89 bits per heavy atom. The molecule has 2 amide bonds. The summed E-state index contributed by atoms with van der Waals surface area (Å²) in [4.78, 5) is 32.7. The van der Waals surface area contributed by atoms with Gasteiger partial charge in [-0.15, -0.1) is 11.3 Å². The third-order valence-electron chi connectivity index (χ3n) is 5.79. The first-order chi connectivity index (χ1) is 13.2.